The van der Waals surface area contributed by atoms with Crippen LogP contribution in [0.4, 0.5) is 0 Å². The fourth-order valence-corrected chi connectivity index (χ4v) is 5.20. The molecule has 0 aliphatic carbocycles. The summed E-state index contributed by atoms with van der Waals surface area (Å²) in [7, 11) is 3.20. The number of para-hydroxylation sites is 1. The third kappa shape index (κ3) is 6.55. The van der Waals surface area contributed by atoms with Crippen LogP contribution in [-0.2, 0) is 17.8 Å². The number of methoxy groups -OCH3 is 2. The Morgan fingerprint density at radius 3 is 2.50 bits per heavy atom. The van der Waals surface area contributed by atoms with Gasteiger partial charge in [-0.1, -0.05) is 43.7 Å². The summed E-state index contributed by atoms with van der Waals surface area (Å²) in [6.07, 6.45) is 4.49. The van der Waals surface area contributed by atoms with Crippen LogP contribution in [0.2, 0.25) is 0 Å². The van der Waals surface area contributed by atoms with Gasteiger partial charge in [0.25, 0.3) is 5.91 Å². The SMILES string of the molecule is CCCCN(CC(=O)N(CCc1c[nH]c2ccccc12)Cc1ccc(OC)c(OC)c1)C(=O)c1cccs1. The first kappa shape index (κ1) is 27.3. The lowest BCUT2D eigenvalue weighted by Gasteiger charge is -2.28. The Morgan fingerprint density at radius 2 is 1.76 bits per heavy atom. The molecular formula is C30H35N3O4S. The lowest BCUT2D eigenvalue weighted by atomic mass is 10.1. The van der Waals surface area contributed by atoms with Crippen molar-refractivity contribution in [2.24, 2.45) is 0 Å². The number of ether oxygens (including phenoxy) is 2. The van der Waals surface area contributed by atoms with Crippen LogP contribution < -0.4 is 9.47 Å². The van der Waals surface area contributed by atoms with Crippen LogP contribution >= 0.6 is 11.3 Å². The molecule has 7 nitrogen and oxygen atoms in total. The number of nitrogens with one attached hydrogen (secondary N) is 1. The van der Waals surface area contributed by atoms with Crippen molar-refractivity contribution in [3.05, 3.63) is 82.2 Å². The van der Waals surface area contributed by atoms with E-state index in [1.54, 1.807) is 19.1 Å². The molecule has 4 rings (SSSR count). The predicted molar refractivity (Wildman–Crippen MR) is 152 cm³/mol. The molecule has 0 saturated carbocycles. The summed E-state index contributed by atoms with van der Waals surface area (Å²) in [5.74, 6) is 1.08. The quantitative estimate of drug-likeness (QED) is 0.237. The number of carbonyl (C=O) groups is 2. The molecule has 0 fully saturated rings. The molecule has 0 saturated heterocycles. The maximum absolute atomic E-state index is 13.8. The highest BCUT2D eigenvalue weighted by Gasteiger charge is 2.23. The minimum absolute atomic E-state index is 0.0396. The minimum atomic E-state index is -0.0931. The van der Waals surface area contributed by atoms with Crippen LogP contribution in [-0.4, -0.2) is 60.5 Å². The maximum Gasteiger partial charge on any atom is 0.264 e. The number of thiophene rings is 1. The Bertz CT molecular complexity index is 1350. The Labute approximate surface area is 228 Å². The van der Waals surface area contributed by atoms with Gasteiger partial charge in [0.2, 0.25) is 5.91 Å². The van der Waals surface area contributed by atoms with E-state index in [2.05, 4.69) is 18.0 Å². The van der Waals surface area contributed by atoms with Crippen molar-refractivity contribution in [3.63, 3.8) is 0 Å². The van der Waals surface area contributed by atoms with Crippen LogP contribution in [0.1, 0.15) is 40.6 Å². The number of carbonyl (C=O) groups excluding carboxylic acids is 2. The number of hydrogen-bond acceptors (Lipinski definition) is 5. The molecule has 0 radical (unpaired) electrons. The fraction of sp³-hybridized carbons (Fsp3) is 0.333. The van der Waals surface area contributed by atoms with Crippen LogP contribution in [0.25, 0.3) is 10.9 Å². The van der Waals surface area contributed by atoms with E-state index in [-0.39, 0.29) is 18.4 Å². The number of hydrogen-bond donors (Lipinski definition) is 1. The van der Waals surface area contributed by atoms with E-state index < -0.39 is 0 Å². The van der Waals surface area contributed by atoms with E-state index in [9.17, 15) is 9.59 Å². The first-order chi connectivity index (χ1) is 18.5. The summed E-state index contributed by atoms with van der Waals surface area (Å²) in [5, 5.41) is 3.04. The van der Waals surface area contributed by atoms with Crippen LogP contribution in [0.3, 0.4) is 0 Å². The number of aromatic amines is 1. The van der Waals surface area contributed by atoms with Crippen molar-refractivity contribution in [3.8, 4) is 11.5 Å². The van der Waals surface area contributed by atoms with Gasteiger partial charge in [0, 0.05) is 36.7 Å². The van der Waals surface area contributed by atoms with E-state index in [0.29, 0.717) is 42.4 Å². The smallest absolute Gasteiger partial charge is 0.264 e. The number of benzene rings is 2. The maximum atomic E-state index is 13.8. The number of fused-ring (bicyclic) bond motifs is 1. The van der Waals surface area contributed by atoms with Gasteiger partial charge in [0.05, 0.1) is 19.1 Å². The number of amides is 2. The molecule has 0 aliphatic rings. The molecule has 38 heavy (non-hydrogen) atoms. The van der Waals surface area contributed by atoms with Gasteiger partial charge in [-0.05, 0) is 53.6 Å². The summed E-state index contributed by atoms with van der Waals surface area (Å²) in [6, 6.07) is 17.5. The summed E-state index contributed by atoms with van der Waals surface area (Å²) < 4.78 is 10.9. The van der Waals surface area contributed by atoms with Gasteiger partial charge in [0.1, 0.15) is 6.54 Å². The molecule has 2 amide bonds. The third-order valence-electron chi connectivity index (χ3n) is 6.63. The van der Waals surface area contributed by atoms with Gasteiger partial charge in [0.15, 0.2) is 11.5 Å². The number of H-pyrrole nitrogens is 1. The standard InChI is InChI=1S/C30H35N3O4S/c1-4-5-15-33(30(35)28-11-8-17-38-28)21-29(34)32(20-22-12-13-26(36-2)27(18-22)37-3)16-14-23-19-31-25-10-7-6-9-24(23)25/h6-13,17-19,31H,4-5,14-16,20-21H2,1-3H3. The van der Waals surface area contributed by atoms with Crippen LogP contribution in [0, 0.1) is 0 Å². The molecule has 0 atom stereocenters. The van der Waals surface area contributed by atoms with Crippen molar-refractivity contribution in [2.45, 2.75) is 32.7 Å². The van der Waals surface area contributed by atoms with Gasteiger partial charge >= 0.3 is 0 Å². The summed E-state index contributed by atoms with van der Waals surface area (Å²) in [5.41, 5.74) is 3.16. The normalized spacial score (nSPS) is 10.9. The first-order valence-electron chi connectivity index (χ1n) is 12.9. The summed E-state index contributed by atoms with van der Waals surface area (Å²) >= 11 is 1.40. The first-order valence-corrected chi connectivity index (χ1v) is 13.8. The zero-order valence-electron chi connectivity index (χ0n) is 22.2. The lowest BCUT2D eigenvalue weighted by Crippen LogP contribution is -2.43. The highest BCUT2D eigenvalue weighted by molar-refractivity contribution is 7.12. The second-order valence-electron chi connectivity index (χ2n) is 9.17. The van der Waals surface area contributed by atoms with E-state index in [1.807, 2.05) is 65.0 Å². The van der Waals surface area contributed by atoms with Crippen LogP contribution in [0.15, 0.2) is 66.2 Å². The highest BCUT2D eigenvalue weighted by atomic mass is 32.1. The average Bonchev–Trinajstić information content (AvgIpc) is 3.63. The van der Waals surface area contributed by atoms with Crippen molar-refractivity contribution in [1.82, 2.24) is 14.8 Å². The van der Waals surface area contributed by atoms with Gasteiger partial charge in [-0.2, -0.15) is 0 Å². The molecule has 1 N–H and O–H groups in total. The monoisotopic (exact) mass is 533 g/mol. The summed E-state index contributed by atoms with van der Waals surface area (Å²) in [4.78, 5) is 34.5. The van der Waals surface area contributed by atoms with Gasteiger partial charge in [-0.3, -0.25) is 9.59 Å². The second kappa shape index (κ2) is 13.1. The molecule has 0 aliphatic heterocycles. The Morgan fingerprint density at radius 1 is 0.947 bits per heavy atom. The highest BCUT2D eigenvalue weighted by Crippen LogP contribution is 2.28. The number of aromatic nitrogens is 1. The zero-order valence-corrected chi connectivity index (χ0v) is 23.1. The van der Waals surface area contributed by atoms with Crippen molar-refractivity contribution < 1.29 is 19.1 Å². The third-order valence-corrected chi connectivity index (χ3v) is 7.48. The number of rotatable bonds is 13. The van der Waals surface area contributed by atoms with Crippen molar-refractivity contribution >= 4 is 34.1 Å². The largest absolute Gasteiger partial charge is 0.493 e. The molecule has 0 spiro atoms. The van der Waals surface area contributed by atoms with Gasteiger partial charge < -0.3 is 24.3 Å². The molecule has 200 valence electrons. The van der Waals surface area contributed by atoms with E-state index >= 15 is 0 Å². The minimum Gasteiger partial charge on any atom is -0.493 e. The molecule has 2 aromatic carbocycles. The Balaban J connectivity index is 1.56. The van der Waals surface area contributed by atoms with Gasteiger partial charge in [-0.15, -0.1) is 11.3 Å². The lowest BCUT2D eigenvalue weighted by molar-refractivity contribution is -0.132. The van der Waals surface area contributed by atoms with E-state index in [4.69, 9.17) is 9.47 Å². The molecule has 0 bridgehead atoms. The Hall–Kier alpha value is -3.78. The molecular weight excluding hydrogens is 498 g/mol. The van der Waals surface area contributed by atoms with E-state index in [0.717, 1.165) is 34.9 Å². The molecule has 8 heteroatoms. The average molecular weight is 534 g/mol. The molecule has 0 unspecified atom stereocenters. The molecule has 2 heterocycles. The molecule has 2 aromatic heterocycles. The van der Waals surface area contributed by atoms with E-state index in [1.165, 1.54) is 11.3 Å². The predicted octanol–water partition coefficient (Wildman–Crippen LogP) is 5.76. The zero-order chi connectivity index (χ0) is 26.9. The fourth-order valence-electron chi connectivity index (χ4n) is 4.51. The topological polar surface area (TPSA) is 74.9 Å². The second-order valence-corrected chi connectivity index (χ2v) is 10.1. The van der Waals surface area contributed by atoms with Crippen LogP contribution in [0.5, 0.6) is 11.5 Å². The van der Waals surface area contributed by atoms with Crippen molar-refractivity contribution in [1.29, 1.82) is 0 Å². The van der Waals surface area contributed by atoms with Crippen molar-refractivity contribution in [2.75, 3.05) is 33.9 Å². The number of unbranched alkanes of at least 4 members (excludes halogenated alkanes) is 1. The summed E-state index contributed by atoms with van der Waals surface area (Å²) in [6.45, 7) is 3.59. The van der Waals surface area contributed by atoms with Gasteiger partial charge in [-0.25, -0.2) is 0 Å². The Kier molecular flexibility index (Phi) is 9.43. The molecule has 4 aromatic rings. The number of nitrogens with zero attached hydrogens (tertiary/aromatic N) is 2.